The average Bonchev–Trinajstić information content (AvgIpc) is 3.33. The topological polar surface area (TPSA) is 0 Å². The first-order valence-corrected chi connectivity index (χ1v) is 20.8. The summed E-state index contributed by atoms with van der Waals surface area (Å²) in [5.74, 6) is 0. The highest BCUT2D eigenvalue weighted by Gasteiger charge is 2.21. The lowest BCUT2D eigenvalue weighted by atomic mass is 9.81. The molecule has 0 saturated heterocycles. The van der Waals surface area contributed by atoms with E-state index in [2.05, 4.69) is 231 Å². The first-order valence-electron chi connectivity index (χ1n) is 20.8. The highest BCUT2D eigenvalue weighted by molar-refractivity contribution is 6.32. The van der Waals surface area contributed by atoms with Crippen molar-refractivity contribution in [2.24, 2.45) is 0 Å². The SMILES string of the molecule is c1ccc(-c2cc(-c3cccc(-c4cccc5ccccc45)c3)c3ccc4c(-c5ccccc5)cc(-c5cccc(-c6cccc7ccccc67)c5)c5ccc2c3c45)cc1. The third-order valence-corrected chi connectivity index (χ3v) is 12.6. The number of hydrogen-bond donors (Lipinski definition) is 0. The monoisotopic (exact) mass is 758 g/mol. The lowest BCUT2D eigenvalue weighted by Gasteiger charge is -2.22. The van der Waals surface area contributed by atoms with Crippen molar-refractivity contribution in [3.8, 4) is 66.8 Å². The molecule has 0 aliphatic rings. The minimum absolute atomic E-state index is 1.21. The summed E-state index contributed by atoms with van der Waals surface area (Å²) < 4.78 is 0. The molecule has 0 nitrogen and oxygen atoms in total. The van der Waals surface area contributed by atoms with E-state index in [4.69, 9.17) is 0 Å². The van der Waals surface area contributed by atoms with E-state index in [1.54, 1.807) is 0 Å². The number of hydrogen-bond acceptors (Lipinski definition) is 0. The van der Waals surface area contributed by atoms with Crippen molar-refractivity contribution in [2.45, 2.75) is 0 Å². The minimum Gasteiger partial charge on any atom is -0.0622 e. The van der Waals surface area contributed by atoms with Crippen molar-refractivity contribution >= 4 is 53.9 Å². The van der Waals surface area contributed by atoms with E-state index in [-0.39, 0.29) is 0 Å². The van der Waals surface area contributed by atoms with E-state index >= 15 is 0 Å². The van der Waals surface area contributed by atoms with E-state index < -0.39 is 0 Å². The molecule has 278 valence electrons. The molecule has 12 aromatic carbocycles. The van der Waals surface area contributed by atoms with Crippen LogP contribution in [-0.2, 0) is 0 Å². The number of benzene rings is 12. The Morgan fingerprint density at radius 2 is 0.467 bits per heavy atom. The molecule has 0 N–H and O–H groups in total. The van der Waals surface area contributed by atoms with E-state index in [1.165, 1.54) is 121 Å². The predicted octanol–water partition coefficient (Wildman–Crippen LogP) is 16.9. The zero-order valence-corrected chi connectivity index (χ0v) is 32.9. The summed E-state index contributed by atoms with van der Waals surface area (Å²) in [4.78, 5) is 0. The fraction of sp³-hybridized carbons (Fsp3) is 0. The van der Waals surface area contributed by atoms with Gasteiger partial charge in [-0.05, 0) is 145 Å². The summed E-state index contributed by atoms with van der Waals surface area (Å²) in [5.41, 5.74) is 14.7. The van der Waals surface area contributed by atoms with Gasteiger partial charge in [-0.15, -0.1) is 0 Å². The molecule has 0 spiro atoms. The molecule has 0 fully saturated rings. The molecule has 60 heavy (non-hydrogen) atoms. The first-order chi connectivity index (χ1) is 29.8. The normalized spacial score (nSPS) is 11.7. The Balaban J connectivity index is 1.16. The average molecular weight is 759 g/mol. The van der Waals surface area contributed by atoms with Crippen LogP contribution in [0.1, 0.15) is 0 Å². The maximum absolute atomic E-state index is 2.44. The van der Waals surface area contributed by atoms with Crippen molar-refractivity contribution in [1.82, 2.24) is 0 Å². The Hall–Kier alpha value is -7.80. The van der Waals surface area contributed by atoms with Crippen LogP contribution in [0.15, 0.2) is 231 Å². The molecule has 0 aliphatic heterocycles. The van der Waals surface area contributed by atoms with Gasteiger partial charge in [0.05, 0.1) is 0 Å². The third-order valence-electron chi connectivity index (χ3n) is 12.6. The predicted molar refractivity (Wildman–Crippen MR) is 258 cm³/mol. The van der Waals surface area contributed by atoms with Gasteiger partial charge >= 0.3 is 0 Å². The zero-order chi connectivity index (χ0) is 39.6. The van der Waals surface area contributed by atoms with Crippen LogP contribution in [0.25, 0.3) is 121 Å². The summed E-state index contributed by atoms with van der Waals surface area (Å²) >= 11 is 0. The van der Waals surface area contributed by atoms with Gasteiger partial charge in [-0.3, -0.25) is 0 Å². The van der Waals surface area contributed by atoms with Gasteiger partial charge in [-0.1, -0.05) is 206 Å². The summed E-state index contributed by atoms with van der Waals surface area (Å²) in [6.07, 6.45) is 0. The van der Waals surface area contributed by atoms with E-state index in [0.717, 1.165) is 0 Å². The van der Waals surface area contributed by atoms with Crippen LogP contribution >= 0.6 is 0 Å². The highest BCUT2D eigenvalue weighted by atomic mass is 14.2. The molecule has 0 bridgehead atoms. The van der Waals surface area contributed by atoms with Crippen molar-refractivity contribution in [3.63, 3.8) is 0 Å². The van der Waals surface area contributed by atoms with Crippen LogP contribution in [0.5, 0.6) is 0 Å². The Morgan fingerprint density at radius 1 is 0.167 bits per heavy atom. The lowest BCUT2D eigenvalue weighted by molar-refractivity contribution is 1.61. The molecular weight excluding hydrogens is 721 g/mol. The molecule has 0 atom stereocenters. The third kappa shape index (κ3) is 5.53. The van der Waals surface area contributed by atoms with Gasteiger partial charge in [0.25, 0.3) is 0 Å². The van der Waals surface area contributed by atoms with E-state index in [0.29, 0.717) is 0 Å². The van der Waals surface area contributed by atoms with Crippen LogP contribution in [0.3, 0.4) is 0 Å². The quantitative estimate of drug-likeness (QED) is 0.148. The molecule has 0 heteroatoms. The molecule has 0 unspecified atom stereocenters. The maximum atomic E-state index is 2.44. The fourth-order valence-corrected chi connectivity index (χ4v) is 9.85. The largest absolute Gasteiger partial charge is 0.0622 e. The molecular formula is C60H38. The molecule has 0 saturated carbocycles. The van der Waals surface area contributed by atoms with Crippen LogP contribution in [-0.4, -0.2) is 0 Å². The van der Waals surface area contributed by atoms with Crippen LogP contribution < -0.4 is 0 Å². The summed E-state index contributed by atoms with van der Waals surface area (Å²) in [6.45, 7) is 0. The summed E-state index contributed by atoms with van der Waals surface area (Å²) in [7, 11) is 0. The molecule has 12 aromatic rings. The Bertz CT molecular complexity index is 3330. The van der Waals surface area contributed by atoms with Crippen molar-refractivity contribution in [1.29, 1.82) is 0 Å². The molecule has 0 heterocycles. The summed E-state index contributed by atoms with van der Waals surface area (Å²) in [6, 6.07) is 85.2. The number of fused-ring (bicyclic) bond motifs is 2. The second kappa shape index (κ2) is 13.9. The van der Waals surface area contributed by atoms with Gasteiger partial charge in [-0.2, -0.15) is 0 Å². The lowest BCUT2D eigenvalue weighted by Crippen LogP contribution is -1.94. The first kappa shape index (κ1) is 34.3. The van der Waals surface area contributed by atoms with Gasteiger partial charge in [-0.25, -0.2) is 0 Å². The molecule has 12 rings (SSSR count). The molecule has 0 aromatic heterocycles. The number of rotatable bonds is 6. The summed E-state index contributed by atoms with van der Waals surface area (Å²) in [5, 5.41) is 12.7. The minimum atomic E-state index is 1.21. The van der Waals surface area contributed by atoms with Gasteiger partial charge in [0.1, 0.15) is 0 Å². The Labute approximate surface area is 349 Å². The zero-order valence-electron chi connectivity index (χ0n) is 32.9. The fourth-order valence-electron chi connectivity index (χ4n) is 9.85. The van der Waals surface area contributed by atoms with Gasteiger partial charge in [0.15, 0.2) is 0 Å². The van der Waals surface area contributed by atoms with Crippen LogP contribution in [0.4, 0.5) is 0 Å². The molecule has 0 aliphatic carbocycles. The molecule has 0 amide bonds. The van der Waals surface area contributed by atoms with E-state index in [9.17, 15) is 0 Å². The standard InChI is InChI=1S/C60H38/c1-3-15-41(16-4-1)55-37-57(45-25-11-23-43(35-45)49-29-13-21-39-19-7-9-27-47(39)49)53-34-32-52-56(42-17-5-2-6-18-42)38-58(54-33-31-51(55)59(53)60(52)54)46-26-12-24-44(36-46)50-30-14-22-40-20-8-10-28-48(40)50/h1-38H. The van der Waals surface area contributed by atoms with Crippen LogP contribution in [0, 0.1) is 0 Å². The highest BCUT2D eigenvalue weighted by Crippen LogP contribution is 2.49. The Morgan fingerprint density at radius 3 is 0.883 bits per heavy atom. The van der Waals surface area contributed by atoms with Gasteiger partial charge < -0.3 is 0 Å². The smallest absolute Gasteiger partial charge is 0.00139 e. The van der Waals surface area contributed by atoms with E-state index in [1.807, 2.05) is 0 Å². The second-order valence-electron chi connectivity index (χ2n) is 16.0. The van der Waals surface area contributed by atoms with Crippen molar-refractivity contribution in [3.05, 3.63) is 231 Å². The van der Waals surface area contributed by atoms with Crippen molar-refractivity contribution < 1.29 is 0 Å². The van der Waals surface area contributed by atoms with Gasteiger partial charge in [0, 0.05) is 0 Å². The van der Waals surface area contributed by atoms with Crippen LogP contribution in [0.2, 0.25) is 0 Å². The Kier molecular flexibility index (Phi) is 7.96. The second-order valence-corrected chi connectivity index (χ2v) is 16.0. The van der Waals surface area contributed by atoms with Gasteiger partial charge in [0.2, 0.25) is 0 Å². The molecule has 0 radical (unpaired) electrons. The van der Waals surface area contributed by atoms with Crippen molar-refractivity contribution in [2.75, 3.05) is 0 Å². The maximum Gasteiger partial charge on any atom is -0.00139 e.